The summed E-state index contributed by atoms with van der Waals surface area (Å²) < 4.78 is 60.3. The number of rotatable bonds is 9. The standard InChI is InChI=1S/C25H26F2N4O5S2/c1-36-20(32)10-7-15-5-8-17(9-6-15)38(34,35)31-13-11-16(12-14-31)29-25-30-24(28)23(37-25)22(33)21-18(26)3-2-4-19(21)27/h2-6,8-9,16H,7,10-14,28H2,1H3,(H,29,30). The van der Waals surface area contributed by atoms with Crippen LogP contribution < -0.4 is 11.1 Å². The molecular weight excluding hydrogens is 538 g/mol. The maximum absolute atomic E-state index is 14.0. The first-order chi connectivity index (χ1) is 18.1. The van der Waals surface area contributed by atoms with Gasteiger partial charge in [0.2, 0.25) is 15.8 Å². The lowest BCUT2D eigenvalue weighted by molar-refractivity contribution is -0.140. The Bertz CT molecular complexity index is 1420. The van der Waals surface area contributed by atoms with E-state index in [0.29, 0.717) is 24.4 Å². The van der Waals surface area contributed by atoms with Gasteiger partial charge in [0.1, 0.15) is 22.3 Å². The minimum absolute atomic E-state index is 0.0773. The summed E-state index contributed by atoms with van der Waals surface area (Å²) in [5.74, 6) is -3.33. The van der Waals surface area contributed by atoms with E-state index in [1.165, 1.54) is 29.6 Å². The lowest BCUT2D eigenvalue weighted by Gasteiger charge is -2.31. The maximum atomic E-state index is 14.0. The van der Waals surface area contributed by atoms with Crippen molar-refractivity contribution in [3.63, 3.8) is 0 Å². The molecule has 38 heavy (non-hydrogen) atoms. The number of nitrogens with zero attached hydrogens (tertiary/aromatic N) is 2. The Labute approximate surface area is 222 Å². The van der Waals surface area contributed by atoms with Gasteiger partial charge < -0.3 is 15.8 Å². The van der Waals surface area contributed by atoms with Gasteiger partial charge in [0.05, 0.1) is 17.6 Å². The third-order valence-corrected chi connectivity index (χ3v) is 9.15. The average molecular weight is 565 g/mol. The van der Waals surface area contributed by atoms with Gasteiger partial charge in [-0.3, -0.25) is 9.59 Å². The molecule has 2 aromatic carbocycles. The zero-order valence-corrected chi connectivity index (χ0v) is 22.1. The van der Waals surface area contributed by atoms with Gasteiger partial charge in [0, 0.05) is 25.6 Å². The predicted molar refractivity (Wildman–Crippen MR) is 138 cm³/mol. The minimum atomic E-state index is -3.70. The molecule has 1 aromatic heterocycles. The molecule has 0 atom stereocenters. The molecule has 0 saturated carbocycles. The van der Waals surface area contributed by atoms with Crippen LogP contribution in [-0.2, 0) is 26.0 Å². The zero-order valence-electron chi connectivity index (χ0n) is 20.4. The monoisotopic (exact) mass is 564 g/mol. The summed E-state index contributed by atoms with van der Waals surface area (Å²) in [5, 5.41) is 3.46. The molecule has 202 valence electrons. The van der Waals surface area contributed by atoms with Crippen molar-refractivity contribution < 1.29 is 31.5 Å². The number of ether oxygens (including phenoxy) is 1. The Balaban J connectivity index is 1.36. The molecule has 1 aliphatic rings. The number of aryl methyl sites for hydroxylation is 1. The number of nitrogen functional groups attached to an aromatic ring is 1. The molecule has 0 unspecified atom stereocenters. The van der Waals surface area contributed by atoms with E-state index >= 15 is 0 Å². The molecule has 0 aliphatic carbocycles. The quantitative estimate of drug-likeness (QED) is 0.298. The first-order valence-corrected chi connectivity index (χ1v) is 14.0. The molecule has 0 amide bonds. The highest BCUT2D eigenvalue weighted by atomic mass is 32.2. The number of piperidine rings is 1. The van der Waals surface area contributed by atoms with Crippen LogP contribution in [0.4, 0.5) is 19.7 Å². The third-order valence-electron chi connectivity index (χ3n) is 6.24. The first-order valence-electron chi connectivity index (χ1n) is 11.8. The molecule has 1 aliphatic heterocycles. The summed E-state index contributed by atoms with van der Waals surface area (Å²) in [6, 6.07) is 9.44. The number of ketones is 1. The van der Waals surface area contributed by atoms with Crippen LogP contribution in [0.2, 0.25) is 0 Å². The molecule has 0 bridgehead atoms. The molecule has 0 radical (unpaired) electrons. The van der Waals surface area contributed by atoms with Crippen LogP contribution in [0.1, 0.15) is 40.1 Å². The van der Waals surface area contributed by atoms with Gasteiger partial charge in [0.15, 0.2) is 5.13 Å². The van der Waals surface area contributed by atoms with Crippen LogP contribution >= 0.6 is 11.3 Å². The van der Waals surface area contributed by atoms with Gasteiger partial charge in [-0.25, -0.2) is 22.2 Å². The SMILES string of the molecule is COC(=O)CCc1ccc(S(=O)(=O)N2CCC(Nc3nc(N)c(C(=O)c4c(F)cccc4F)s3)CC2)cc1. The fourth-order valence-corrected chi connectivity index (χ4v) is 6.50. The number of carbonyl (C=O) groups is 2. The second kappa shape index (κ2) is 11.5. The fraction of sp³-hybridized carbons (Fsp3) is 0.320. The summed E-state index contributed by atoms with van der Waals surface area (Å²) in [6.07, 6.45) is 1.61. The van der Waals surface area contributed by atoms with E-state index in [4.69, 9.17) is 5.73 Å². The van der Waals surface area contributed by atoms with E-state index < -0.39 is 33.0 Å². The van der Waals surface area contributed by atoms with Gasteiger partial charge >= 0.3 is 5.97 Å². The smallest absolute Gasteiger partial charge is 0.305 e. The van der Waals surface area contributed by atoms with Crippen LogP contribution in [0, 0.1) is 11.6 Å². The number of halogens is 2. The Kier molecular flexibility index (Phi) is 8.38. The highest BCUT2D eigenvalue weighted by Crippen LogP contribution is 2.31. The minimum Gasteiger partial charge on any atom is -0.469 e. The van der Waals surface area contributed by atoms with E-state index in [-0.39, 0.29) is 47.1 Å². The topological polar surface area (TPSA) is 132 Å². The lowest BCUT2D eigenvalue weighted by Crippen LogP contribution is -2.42. The molecule has 1 fully saturated rings. The van der Waals surface area contributed by atoms with Crippen molar-refractivity contribution in [2.24, 2.45) is 0 Å². The van der Waals surface area contributed by atoms with Crippen molar-refractivity contribution in [2.45, 2.75) is 36.6 Å². The summed E-state index contributed by atoms with van der Waals surface area (Å²) in [5.41, 5.74) is 6.00. The Hall–Kier alpha value is -3.42. The molecule has 3 aromatic rings. The van der Waals surface area contributed by atoms with Crippen molar-refractivity contribution >= 4 is 44.1 Å². The molecule has 9 nitrogen and oxygen atoms in total. The third kappa shape index (κ3) is 6.00. The van der Waals surface area contributed by atoms with Crippen molar-refractivity contribution in [3.8, 4) is 0 Å². The lowest BCUT2D eigenvalue weighted by atomic mass is 10.1. The van der Waals surface area contributed by atoms with Crippen molar-refractivity contribution in [3.05, 3.63) is 70.1 Å². The number of methoxy groups -OCH3 is 1. The van der Waals surface area contributed by atoms with Crippen LogP contribution in [0.5, 0.6) is 0 Å². The van der Waals surface area contributed by atoms with Gasteiger partial charge in [-0.1, -0.05) is 29.5 Å². The van der Waals surface area contributed by atoms with Crippen molar-refractivity contribution in [1.82, 2.24) is 9.29 Å². The second-order valence-corrected chi connectivity index (χ2v) is 11.6. The fourth-order valence-electron chi connectivity index (χ4n) is 4.13. The van der Waals surface area contributed by atoms with E-state index in [2.05, 4.69) is 15.0 Å². The van der Waals surface area contributed by atoms with Crippen molar-refractivity contribution in [2.75, 3.05) is 31.2 Å². The van der Waals surface area contributed by atoms with Crippen molar-refractivity contribution in [1.29, 1.82) is 0 Å². The maximum Gasteiger partial charge on any atom is 0.305 e. The number of hydrogen-bond donors (Lipinski definition) is 2. The summed E-state index contributed by atoms with van der Waals surface area (Å²) >= 11 is 0.894. The predicted octanol–water partition coefficient (Wildman–Crippen LogP) is 3.61. The van der Waals surface area contributed by atoms with Crippen LogP contribution in [-0.4, -0.2) is 55.7 Å². The number of hydrogen-bond acceptors (Lipinski definition) is 9. The molecule has 0 spiro atoms. The van der Waals surface area contributed by atoms with Gasteiger partial charge in [-0.15, -0.1) is 0 Å². The number of nitrogens with one attached hydrogen (secondary N) is 1. The zero-order chi connectivity index (χ0) is 27.4. The van der Waals surface area contributed by atoms with E-state index in [9.17, 15) is 26.8 Å². The first kappa shape index (κ1) is 27.6. The summed E-state index contributed by atoms with van der Waals surface area (Å²) in [4.78, 5) is 28.2. The highest BCUT2D eigenvalue weighted by molar-refractivity contribution is 7.89. The van der Waals surface area contributed by atoms with Gasteiger partial charge in [0.25, 0.3) is 0 Å². The number of aromatic nitrogens is 1. The molecule has 1 saturated heterocycles. The number of thiazole rings is 1. The van der Waals surface area contributed by atoms with E-state index in [0.717, 1.165) is 29.0 Å². The number of anilines is 2. The number of nitrogens with two attached hydrogens (primary N) is 1. The number of esters is 1. The summed E-state index contributed by atoms with van der Waals surface area (Å²) in [6.45, 7) is 0.522. The highest BCUT2D eigenvalue weighted by Gasteiger charge is 2.30. The molecular formula is C25H26F2N4O5S2. The van der Waals surface area contributed by atoms with Crippen LogP contribution in [0.3, 0.4) is 0 Å². The number of benzene rings is 2. The molecule has 13 heteroatoms. The second-order valence-electron chi connectivity index (χ2n) is 8.70. The Morgan fingerprint density at radius 1 is 1.13 bits per heavy atom. The average Bonchev–Trinajstić information content (AvgIpc) is 3.27. The normalized spacial score (nSPS) is 14.8. The molecule has 2 heterocycles. The van der Waals surface area contributed by atoms with E-state index in [1.807, 2.05) is 0 Å². The van der Waals surface area contributed by atoms with Gasteiger partial charge in [-0.05, 0) is 49.1 Å². The molecule has 4 rings (SSSR count). The Morgan fingerprint density at radius 2 is 1.76 bits per heavy atom. The summed E-state index contributed by atoms with van der Waals surface area (Å²) in [7, 11) is -2.38. The van der Waals surface area contributed by atoms with Gasteiger partial charge in [-0.2, -0.15) is 4.31 Å². The largest absolute Gasteiger partial charge is 0.469 e. The van der Waals surface area contributed by atoms with Crippen LogP contribution in [0.15, 0.2) is 47.4 Å². The van der Waals surface area contributed by atoms with Crippen LogP contribution in [0.25, 0.3) is 0 Å². The van der Waals surface area contributed by atoms with E-state index in [1.54, 1.807) is 12.1 Å². The number of carbonyl (C=O) groups excluding carboxylic acids is 2. The molecule has 3 N–H and O–H groups in total. The Morgan fingerprint density at radius 3 is 2.37 bits per heavy atom. The number of sulfonamides is 1.